The Balaban J connectivity index is 0.000000206. The van der Waals surface area contributed by atoms with Crippen molar-refractivity contribution in [3.8, 4) is 45.5 Å². The average molecular weight is 1210 g/mol. The molecule has 2 heterocycles. The van der Waals surface area contributed by atoms with Gasteiger partial charge in [0.15, 0.2) is 0 Å². The van der Waals surface area contributed by atoms with Crippen molar-refractivity contribution in [2.45, 2.75) is 155 Å². The Kier molecular flexibility index (Phi) is 18.7. The molecule has 0 radical (unpaired) electrons. The largest absolute Gasteiger partial charge is 1.00 e. The molecule has 12 rings (SSSR count). The number of hydrogen-bond acceptors (Lipinski definition) is 14. The van der Waals surface area contributed by atoms with Gasteiger partial charge in [-0.25, -0.2) is 27.5 Å². The van der Waals surface area contributed by atoms with Crippen LogP contribution in [0.1, 0.15) is 128 Å². The van der Waals surface area contributed by atoms with E-state index >= 15 is 8.78 Å². The number of carboxylic acid groups (broad SMARTS) is 1. The number of carbonyl (C=O) groups excluding carboxylic acids is 1. The van der Waals surface area contributed by atoms with Crippen molar-refractivity contribution >= 4 is 11.9 Å². The fourth-order valence-corrected chi connectivity index (χ4v) is 13.6. The summed E-state index contributed by atoms with van der Waals surface area (Å²) in [5.74, 6) is -1.86. The molecule has 0 saturated heterocycles. The van der Waals surface area contributed by atoms with Gasteiger partial charge in [0, 0.05) is 70.7 Å². The van der Waals surface area contributed by atoms with Crippen LogP contribution < -0.4 is 37.8 Å². The minimum absolute atomic E-state index is 0. The number of aliphatic hydroxyl groups is 4. The summed E-state index contributed by atoms with van der Waals surface area (Å²) in [6.45, 7) is 15.4. The van der Waals surface area contributed by atoms with Crippen molar-refractivity contribution < 1.29 is 101 Å². The first-order chi connectivity index (χ1) is 40.6. The monoisotopic (exact) mass is 1210 g/mol. The standard InChI is InChI=1S/C36H41F2NO6.C32H33F2NO6.Li.H2O/c1-18-7-23(44-24-12-22(13-24)36(6,42)17-40)8-19(2)31(18)25-10-21(28(37)14-29(25)38)16-43-30-11-20-9-26-32(27(20)15-39-30)33(26)34(41)45-35(3,4)5;1-15-4-20(41-21-9-19(10-21)32(3,39)14-36)5-16(2)28(15)22-7-18(25(33)11-26(22)34)13-40-27-8-17-6-23-29(24(17)12-35-27)30(23)31(37)38;;/h7-8,10-11,14-15,22,24,26,32-33,40,42H,9,12-13,16-17H2,1-6H3;4-5,7-8,11-12,19,21,23,29-30,36,39H,6,9-10,13-14H2,1-3H3,(H,37,38);;1H2/q;;+1;/p-1/t22?,24?,26-,32-,33+,36+;19?,21?,23-,29-,30+,32+;;/m11../s1. The van der Waals surface area contributed by atoms with Gasteiger partial charge < -0.3 is 54.7 Å². The number of nitrogens with zero attached hydrogens (tertiary/aromatic N) is 2. The Morgan fingerprint density at radius 3 is 1.31 bits per heavy atom. The van der Waals surface area contributed by atoms with Crippen LogP contribution >= 0.6 is 0 Å². The maximum absolute atomic E-state index is 15.2. The van der Waals surface area contributed by atoms with E-state index in [1.807, 2.05) is 78.8 Å². The maximum Gasteiger partial charge on any atom is 1.00 e. The van der Waals surface area contributed by atoms with Crippen molar-refractivity contribution in [3.63, 3.8) is 0 Å². The van der Waals surface area contributed by atoms with E-state index < -0.39 is 46.0 Å². The smallest absolute Gasteiger partial charge is 0.870 e. The number of rotatable bonds is 18. The first kappa shape index (κ1) is 65.9. The Morgan fingerprint density at radius 2 is 0.943 bits per heavy atom. The molecule has 0 bridgehead atoms. The topological polar surface area (TPSA) is 237 Å². The number of aromatic nitrogens is 2. The van der Waals surface area contributed by atoms with E-state index in [9.17, 15) is 43.9 Å². The number of pyridine rings is 2. The zero-order chi connectivity index (χ0) is 61.6. The molecule has 15 nitrogen and oxygen atoms in total. The second-order valence-electron chi connectivity index (χ2n) is 26.3. The minimum Gasteiger partial charge on any atom is -0.870 e. The number of carbonyl (C=O) groups is 2. The van der Waals surface area contributed by atoms with Gasteiger partial charge in [0.1, 0.15) is 53.6 Å². The van der Waals surface area contributed by atoms with E-state index in [2.05, 4.69) is 9.97 Å². The van der Waals surface area contributed by atoms with Crippen LogP contribution in [-0.4, -0.2) is 95.1 Å². The third-order valence-corrected chi connectivity index (χ3v) is 18.7. The Morgan fingerprint density at radius 1 is 0.568 bits per heavy atom. The fraction of sp³-hybridized carbons (Fsp3) is 0.471. The van der Waals surface area contributed by atoms with Crippen LogP contribution in [-0.2, 0) is 40.4 Å². The van der Waals surface area contributed by atoms with Crippen molar-refractivity contribution in [1.82, 2.24) is 9.97 Å². The third kappa shape index (κ3) is 13.2. The number of halogens is 4. The number of benzene rings is 4. The Bertz CT molecular complexity index is 3610. The summed E-state index contributed by atoms with van der Waals surface area (Å²) in [4.78, 5) is 32.6. The molecule has 6 N–H and O–H groups in total. The second-order valence-corrected chi connectivity index (χ2v) is 26.3. The molecule has 0 spiro atoms. The first-order valence-corrected chi connectivity index (χ1v) is 29.5. The normalized spacial score (nSPS) is 24.5. The van der Waals surface area contributed by atoms with Crippen molar-refractivity contribution in [3.05, 3.63) is 152 Å². The molecule has 0 amide bonds. The summed E-state index contributed by atoms with van der Waals surface area (Å²) in [5.41, 5.74) is 6.62. The first-order valence-electron chi connectivity index (χ1n) is 29.5. The van der Waals surface area contributed by atoms with Gasteiger partial charge in [-0.15, -0.1) is 0 Å². The van der Waals surface area contributed by atoms with Crippen LogP contribution in [0, 0.1) is 86.5 Å². The van der Waals surface area contributed by atoms with Crippen LogP contribution in [0.25, 0.3) is 22.3 Å². The molecule has 0 aliphatic heterocycles. The average Bonchev–Trinajstić information content (AvgIpc) is 1.56. The number of fused-ring (bicyclic) bond motifs is 6. The molecule has 4 aromatic carbocycles. The van der Waals surface area contributed by atoms with E-state index in [0.717, 1.165) is 63.1 Å². The molecule has 4 fully saturated rings. The Labute approximate surface area is 521 Å². The van der Waals surface area contributed by atoms with Gasteiger partial charge in [0.25, 0.3) is 0 Å². The van der Waals surface area contributed by atoms with Crippen molar-refractivity contribution in [1.29, 1.82) is 0 Å². The number of carboxylic acids is 1. The molecular formula is C68H75F4LiN2O13. The summed E-state index contributed by atoms with van der Waals surface area (Å²) in [6.07, 6.45) is 7.17. The summed E-state index contributed by atoms with van der Waals surface area (Å²) < 4.78 is 89.4. The van der Waals surface area contributed by atoms with Gasteiger partial charge in [-0.05, 0) is 217 Å². The number of esters is 1. The number of ether oxygens (including phenoxy) is 5. The quantitative estimate of drug-likeness (QED) is 0.0309. The van der Waals surface area contributed by atoms with Gasteiger partial charge in [0.05, 0.1) is 48.5 Å². The van der Waals surface area contributed by atoms with Gasteiger partial charge in [-0.1, -0.05) is 0 Å². The van der Waals surface area contributed by atoms with E-state index in [1.54, 1.807) is 32.3 Å². The number of hydrogen-bond donors (Lipinski definition) is 5. The molecule has 6 aliphatic rings. The molecule has 2 aromatic heterocycles. The molecule has 20 heteroatoms. The van der Waals surface area contributed by atoms with Crippen LogP contribution in [0.15, 0.2) is 73.1 Å². The summed E-state index contributed by atoms with van der Waals surface area (Å²) in [6, 6.07) is 15.7. The predicted octanol–water partition coefficient (Wildman–Crippen LogP) is 8.27. The molecule has 88 heavy (non-hydrogen) atoms. The van der Waals surface area contributed by atoms with Gasteiger partial charge in [-0.3, -0.25) is 9.59 Å². The van der Waals surface area contributed by atoms with Crippen LogP contribution in [0.5, 0.6) is 23.3 Å². The molecule has 0 unspecified atom stereocenters. The minimum atomic E-state index is -1.13. The fourth-order valence-electron chi connectivity index (χ4n) is 13.6. The van der Waals surface area contributed by atoms with E-state index in [0.29, 0.717) is 66.5 Å². The maximum atomic E-state index is 15.2. The number of aryl methyl sites for hydroxylation is 4. The van der Waals surface area contributed by atoms with Crippen molar-refractivity contribution in [2.75, 3.05) is 13.2 Å². The van der Waals surface area contributed by atoms with Crippen LogP contribution in [0.2, 0.25) is 0 Å². The summed E-state index contributed by atoms with van der Waals surface area (Å²) in [7, 11) is 0. The van der Waals surface area contributed by atoms with E-state index in [1.165, 1.54) is 12.1 Å². The SMILES string of the molecule is Cc1cc(OC2CC([C@@](C)(O)CO)C2)cc(C)c1-c1cc(COc2cc3c(cn2)[C@H]2[C@@H](C3)[C@@H]2C(=O)O)c(F)cc1F.Cc1cc(OC2CC([C@@](C)(O)CO)C2)cc(C)c1-c1cc(COc2cc3c(cn2)[C@H]2[C@@H](C3)[C@@H]2C(=O)OC(C)(C)C)c(F)cc1F.[Li+].[OH-]. The molecule has 6 aromatic rings. The Hall–Kier alpha value is -6.56. The zero-order valence-electron chi connectivity index (χ0n) is 51.2. The van der Waals surface area contributed by atoms with Gasteiger partial charge in [-0.2, -0.15) is 0 Å². The van der Waals surface area contributed by atoms with Crippen LogP contribution in [0.4, 0.5) is 17.6 Å². The van der Waals surface area contributed by atoms with Crippen LogP contribution in [0.3, 0.4) is 0 Å². The summed E-state index contributed by atoms with van der Waals surface area (Å²) in [5, 5.41) is 48.5. The van der Waals surface area contributed by atoms with E-state index in [4.69, 9.17) is 23.7 Å². The molecule has 464 valence electrons. The molecule has 6 aliphatic carbocycles. The van der Waals surface area contributed by atoms with Gasteiger partial charge in [0.2, 0.25) is 11.8 Å². The van der Waals surface area contributed by atoms with Crippen molar-refractivity contribution in [2.24, 2.45) is 35.5 Å². The molecule has 4 saturated carbocycles. The number of aliphatic carboxylic acids is 1. The second kappa shape index (κ2) is 25.0. The molecule has 8 atom stereocenters. The predicted molar refractivity (Wildman–Crippen MR) is 312 cm³/mol. The van der Waals surface area contributed by atoms with Gasteiger partial charge >= 0.3 is 30.8 Å². The third-order valence-electron chi connectivity index (χ3n) is 18.7. The van der Waals surface area contributed by atoms with E-state index in [-0.39, 0.29) is 139 Å². The molecular weight excluding hydrogens is 1140 g/mol. The zero-order valence-corrected chi connectivity index (χ0v) is 51.2. The summed E-state index contributed by atoms with van der Waals surface area (Å²) >= 11 is 0. The number of aliphatic hydroxyl groups excluding tert-OH is 2.